The monoisotopic (exact) mass is 629 g/mol. The fourth-order valence-electron chi connectivity index (χ4n) is 5.17. The van der Waals surface area contributed by atoms with E-state index in [0.29, 0.717) is 12.8 Å². The van der Waals surface area contributed by atoms with E-state index in [2.05, 4.69) is 62.5 Å². The molecule has 0 spiro atoms. The topological polar surface area (TPSA) is 52.6 Å². The van der Waals surface area contributed by atoms with Crippen LogP contribution in [0.5, 0.6) is 0 Å². The molecule has 260 valence electrons. The molecule has 4 nitrogen and oxygen atoms in total. The lowest BCUT2D eigenvalue weighted by atomic mass is 10.0. The van der Waals surface area contributed by atoms with Crippen molar-refractivity contribution in [2.45, 2.75) is 194 Å². The molecule has 0 saturated carbocycles. The van der Waals surface area contributed by atoms with Crippen LogP contribution in [0, 0.1) is 0 Å². The molecule has 0 aromatic rings. The van der Waals surface area contributed by atoms with Gasteiger partial charge in [0.2, 0.25) is 0 Å². The number of carbonyl (C=O) groups is 2. The quantitative estimate of drug-likeness (QED) is 0.0412. The second kappa shape index (κ2) is 36.4. The molecule has 0 N–H and O–H groups in total. The molecule has 0 heterocycles. The third-order valence-corrected chi connectivity index (χ3v) is 8.01. The van der Waals surface area contributed by atoms with Crippen LogP contribution in [-0.4, -0.2) is 24.6 Å². The van der Waals surface area contributed by atoms with E-state index in [1.54, 1.807) is 6.92 Å². The zero-order chi connectivity index (χ0) is 32.9. The lowest BCUT2D eigenvalue weighted by Crippen LogP contribution is -2.22. The second-order valence-corrected chi connectivity index (χ2v) is 12.7. The Bertz CT molecular complexity index is 763. The molecule has 0 fully saturated rings. The Morgan fingerprint density at radius 2 is 0.844 bits per heavy atom. The summed E-state index contributed by atoms with van der Waals surface area (Å²) in [5.41, 5.74) is 0. The minimum atomic E-state index is -0.404. The zero-order valence-corrected chi connectivity index (χ0v) is 29.9. The highest BCUT2D eigenvalue weighted by Gasteiger charge is 2.12. The maximum absolute atomic E-state index is 12.1. The average Bonchev–Trinajstić information content (AvgIpc) is 3.03. The summed E-state index contributed by atoms with van der Waals surface area (Å²) in [6.07, 6.45) is 47.3. The van der Waals surface area contributed by atoms with Gasteiger partial charge in [-0.3, -0.25) is 9.59 Å². The number of hydrogen-bond donors (Lipinski definition) is 0. The summed E-state index contributed by atoms with van der Waals surface area (Å²) in [5, 5.41) is 0. The summed E-state index contributed by atoms with van der Waals surface area (Å²) in [4.78, 5) is 24.1. The molecule has 0 aromatic carbocycles. The smallest absolute Gasteiger partial charge is 0.306 e. The number of ether oxygens (including phenoxy) is 2. The van der Waals surface area contributed by atoms with Gasteiger partial charge in [0, 0.05) is 12.8 Å². The van der Waals surface area contributed by atoms with Crippen molar-refractivity contribution in [3.63, 3.8) is 0 Å². The number of unbranched alkanes of at least 4 members (excludes halogenated alkanes) is 18. The van der Waals surface area contributed by atoms with E-state index in [0.717, 1.165) is 44.9 Å². The maximum atomic E-state index is 12.1. The first-order chi connectivity index (χ1) is 22.1. The van der Waals surface area contributed by atoms with Crippen LogP contribution in [0.3, 0.4) is 0 Å². The molecule has 1 unspecified atom stereocenters. The molecule has 45 heavy (non-hydrogen) atoms. The van der Waals surface area contributed by atoms with E-state index in [1.165, 1.54) is 109 Å². The summed E-state index contributed by atoms with van der Waals surface area (Å²) in [7, 11) is 0. The number of esters is 2. The van der Waals surface area contributed by atoms with Crippen LogP contribution in [-0.2, 0) is 19.1 Å². The maximum Gasteiger partial charge on any atom is 0.306 e. The standard InChI is InChI=1S/C41H72O4/c1-4-6-8-10-12-14-16-18-20-21-23-25-27-29-31-33-35-37-41(43)45-39(3)38-44-40(42)36-34-32-30-28-26-24-22-19-17-15-13-11-9-7-5-2/h12,14,18,20,23,25,29,31,39H,4-11,13,15-17,19,21-22,24,26-28,30,32-38H2,1-3H3/b14-12+,20-18+,25-23+,31-29+. The van der Waals surface area contributed by atoms with Gasteiger partial charge in [0.1, 0.15) is 12.7 Å². The molecule has 0 aliphatic rings. The van der Waals surface area contributed by atoms with Crippen molar-refractivity contribution < 1.29 is 19.1 Å². The Labute approximate surface area is 279 Å². The van der Waals surface area contributed by atoms with Gasteiger partial charge in [-0.2, -0.15) is 0 Å². The minimum absolute atomic E-state index is 0.139. The zero-order valence-electron chi connectivity index (χ0n) is 29.9. The van der Waals surface area contributed by atoms with E-state index in [-0.39, 0.29) is 18.5 Å². The van der Waals surface area contributed by atoms with Crippen LogP contribution in [0.4, 0.5) is 0 Å². The fourth-order valence-corrected chi connectivity index (χ4v) is 5.17. The van der Waals surface area contributed by atoms with Gasteiger partial charge in [-0.25, -0.2) is 0 Å². The third kappa shape index (κ3) is 36.2. The summed E-state index contributed by atoms with van der Waals surface area (Å²) in [5.74, 6) is -0.412. The summed E-state index contributed by atoms with van der Waals surface area (Å²) < 4.78 is 10.7. The molecule has 0 saturated heterocycles. The van der Waals surface area contributed by atoms with E-state index < -0.39 is 6.10 Å². The molecule has 1 atom stereocenters. The Kier molecular flexibility index (Phi) is 34.7. The largest absolute Gasteiger partial charge is 0.462 e. The molecule has 0 radical (unpaired) electrons. The predicted molar refractivity (Wildman–Crippen MR) is 194 cm³/mol. The molecule has 0 bridgehead atoms. The Hall–Kier alpha value is -2.10. The number of rotatable bonds is 33. The van der Waals surface area contributed by atoms with Crippen LogP contribution in [0.1, 0.15) is 188 Å². The fraction of sp³-hybridized carbons (Fsp3) is 0.756. The SMILES string of the molecule is CCCCC/C=C/C/C=C/C/C=C/C/C=C/CCCC(=O)OC(C)COC(=O)CCCCCCCCCCCCCCCCC. The predicted octanol–water partition coefficient (Wildman–Crippen LogP) is 12.9. The van der Waals surface area contributed by atoms with Crippen LogP contribution in [0.15, 0.2) is 48.6 Å². The van der Waals surface area contributed by atoms with Crippen LogP contribution >= 0.6 is 0 Å². The van der Waals surface area contributed by atoms with E-state index >= 15 is 0 Å². The van der Waals surface area contributed by atoms with Gasteiger partial charge in [0.15, 0.2) is 0 Å². The molecular formula is C41H72O4. The lowest BCUT2D eigenvalue weighted by Gasteiger charge is -2.13. The van der Waals surface area contributed by atoms with Gasteiger partial charge in [-0.05, 0) is 58.3 Å². The highest BCUT2D eigenvalue weighted by Crippen LogP contribution is 2.14. The molecule has 0 rings (SSSR count). The van der Waals surface area contributed by atoms with E-state index in [4.69, 9.17) is 9.47 Å². The Balaban J connectivity index is 3.55. The first-order valence-electron chi connectivity index (χ1n) is 19.0. The first kappa shape index (κ1) is 42.9. The minimum Gasteiger partial charge on any atom is -0.462 e. The number of allylic oxidation sites excluding steroid dienone is 8. The highest BCUT2D eigenvalue weighted by atomic mass is 16.6. The first-order valence-corrected chi connectivity index (χ1v) is 19.0. The summed E-state index contributed by atoms with van der Waals surface area (Å²) >= 11 is 0. The van der Waals surface area contributed by atoms with Crippen molar-refractivity contribution in [1.29, 1.82) is 0 Å². The second-order valence-electron chi connectivity index (χ2n) is 12.7. The van der Waals surface area contributed by atoms with E-state index in [9.17, 15) is 9.59 Å². The van der Waals surface area contributed by atoms with Gasteiger partial charge < -0.3 is 9.47 Å². The molecule has 0 amide bonds. The molecule has 0 aliphatic heterocycles. The van der Waals surface area contributed by atoms with Gasteiger partial charge in [-0.1, -0.05) is 165 Å². The Morgan fingerprint density at radius 3 is 1.33 bits per heavy atom. The summed E-state index contributed by atoms with van der Waals surface area (Å²) in [6, 6.07) is 0. The highest BCUT2D eigenvalue weighted by molar-refractivity contribution is 5.70. The molecule has 4 heteroatoms. The van der Waals surface area contributed by atoms with Crippen LogP contribution in [0.2, 0.25) is 0 Å². The molecular weight excluding hydrogens is 556 g/mol. The van der Waals surface area contributed by atoms with Crippen molar-refractivity contribution >= 4 is 11.9 Å². The van der Waals surface area contributed by atoms with Gasteiger partial charge >= 0.3 is 11.9 Å². The van der Waals surface area contributed by atoms with Crippen LogP contribution in [0.25, 0.3) is 0 Å². The van der Waals surface area contributed by atoms with Crippen molar-refractivity contribution in [3.8, 4) is 0 Å². The molecule has 0 aromatic heterocycles. The van der Waals surface area contributed by atoms with Crippen molar-refractivity contribution in [2.24, 2.45) is 0 Å². The molecule has 0 aliphatic carbocycles. The average molecular weight is 629 g/mol. The lowest BCUT2D eigenvalue weighted by molar-refractivity contribution is -0.158. The van der Waals surface area contributed by atoms with E-state index in [1.807, 2.05) is 0 Å². The third-order valence-electron chi connectivity index (χ3n) is 8.01. The van der Waals surface area contributed by atoms with Gasteiger partial charge in [0.25, 0.3) is 0 Å². The van der Waals surface area contributed by atoms with Crippen molar-refractivity contribution in [3.05, 3.63) is 48.6 Å². The normalized spacial score (nSPS) is 12.7. The number of carbonyl (C=O) groups excluding carboxylic acids is 2. The Morgan fingerprint density at radius 1 is 0.467 bits per heavy atom. The summed E-state index contributed by atoms with van der Waals surface area (Å²) in [6.45, 7) is 6.43. The van der Waals surface area contributed by atoms with Gasteiger partial charge in [0.05, 0.1) is 0 Å². The van der Waals surface area contributed by atoms with Crippen LogP contribution < -0.4 is 0 Å². The van der Waals surface area contributed by atoms with Crippen molar-refractivity contribution in [1.82, 2.24) is 0 Å². The van der Waals surface area contributed by atoms with Gasteiger partial charge in [-0.15, -0.1) is 0 Å². The van der Waals surface area contributed by atoms with Crippen molar-refractivity contribution in [2.75, 3.05) is 6.61 Å². The number of hydrogen-bond acceptors (Lipinski definition) is 4.